The zero-order chi connectivity index (χ0) is 13.5. The zero-order valence-corrected chi connectivity index (χ0v) is 12.1. The van der Waals surface area contributed by atoms with E-state index in [1.54, 1.807) is 11.3 Å². The maximum absolute atomic E-state index is 6.34. The van der Waals surface area contributed by atoms with Crippen molar-refractivity contribution < 1.29 is 9.47 Å². The Balaban J connectivity index is 1.76. The number of hydrogen-bond donors (Lipinski definition) is 0. The predicted molar refractivity (Wildman–Crippen MR) is 82.2 cm³/mol. The van der Waals surface area contributed by atoms with Gasteiger partial charge in [-0.2, -0.15) is 0 Å². The summed E-state index contributed by atoms with van der Waals surface area (Å²) in [6.45, 7) is 0.274. The molecule has 1 aromatic heterocycles. The SMILES string of the molecule is Clc1cc2c(cc1Cc1csc3ccccc13)OCO2. The van der Waals surface area contributed by atoms with Gasteiger partial charge >= 0.3 is 0 Å². The fourth-order valence-corrected chi connectivity index (χ4v) is 3.65. The molecular weight excluding hydrogens is 292 g/mol. The highest BCUT2D eigenvalue weighted by atomic mass is 35.5. The van der Waals surface area contributed by atoms with Gasteiger partial charge in [0.25, 0.3) is 0 Å². The number of benzene rings is 2. The molecule has 0 saturated carbocycles. The highest BCUT2D eigenvalue weighted by Gasteiger charge is 2.17. The summed E-state index contributed by atoms with van der Waals surface area (Å²) in [5.41, 5.74) is 2.37. The monoisotopic (exact) mass is 302 g/mol. The Morgan fingerprint density at radius 2 is 1.85 bits per heavy atom. The first-order valence-corrected chi connectivity index (χ1v) is 7.60. The lowest BCUT2D eigenvalue weighted by Gasteiger charge is -2.06. The number of fused-ring (bicyclic) bond motifs is 2. The van der Waals surface area contributed by atoms with E-state index in [2.05, 4.69) is 29.6 Å². The van der Waals surface area contributed by atoms with Crippen molar-refractivity contribution >= 4 is 33.0 Å². The molecule has 0 saturated heterocycles. The summed E-state index contributed by atoms with van der Waals surface area (Å²) >= 11 is 8.11. The molecule has 4 rings (SSSR count). The van der Waals surface area contributed by atoms with Crippen molar-refractivity contribution in [2.45, 2.75) is 6.42 Å². The maximum atomic E-state index is 6.34. The molecule has 4 heteroatoms. The first-order valence-electron chi connectivity index (χ1n) is 6.34. The van der Waals surface area contributed by atoms with E-state index in [-0.39, 0.29) is 6.79 Å². The van der Waals surface area contributed by atoms with E-state index in [0.717, 1.165) is 28.5 Å². The van der Waals surface area contributed by atoms with E-state index in [1.807, 2.05) is 12.1 Å². The van der Waals surface area contributed by atoms with Crippen molar-refractivity contribution in [1.29, 1.82) is 0 Å². The van der Waals surface area contributed by atoms with Crippen molar-refractivity contribution in [3.8, 4) is 11.5 Å². The average molecular weight is 303 g/mol. The molecule has 0 spiro atoms. The van der Waals surface area contributed by atoms with Crippen LogP contribution in [0.15, 0.2) is 41.8 Å². The molecular formula is C16H11ClO2S. The quantitative estimate of drug-likeness (QED) is 0.672. The Kier molecular flexibility index (Phi) is 2.83. The molecule has 2 nitrogen and oxygen atoms in total. The highest BCUT2D eigenvalue weighted by Crippen LogP contribution is 2.38. The summed E-state index contributed by atoms with van der Waals surface area (Å²) in [6.07, 6.45) is 0.805. The summed E-state index contributed by atoms with van der Waals surface area (Å²) in [6, 6.07) is 12.3. The van der Waals surface area contributed by atoms with Gasteiger partial charge in [0.15, 0.2) is 11.5 Å². The van der Waals surface area contributed by atoms with Gasteiger partial charge in [-0.1, -0.05) is 29.8 Å². The van der Waals surface area contributed by atoms with Crippen molar-refractivity contribution in [2.75, 3.05) is 6.79 Å². The van der Waals surface area contributed by atoms with Crippen molar-refractivity contribution in [3.05, 3.63) is 57.9 Å². The Morgan fingerprint density at radius 1 is 1.05 bits per heavy atom. The van der Waals surface area contributed by atoms with Gasteiger partial charge in [0.2, 0.25) is 6.79 Å². The Bertz CT molecular complexity index is 794. The molecule has 1 aliphatic rings. The van der Waals surface area contributed by atoms with Crippen molar-refractivity contribution in [2.24, 2.45) is 0 Å². The van der Waals surface area contributed by atoms with Crippen LogP contribution in [0.1, 0.15) is 11.1 Å². The van der Waals surface area contributed by atoms with Crippen molar-refractivity contribution in [1.82, 2.24) is 0 Å². The normalized spacial score (nSPS) is 13.1. The topological polar surface area (TPSA) is 18.5 Å². The molecule has 0 amide bonds. The van der Waals surface area contributed by atoms with Crippen LogP contribution in [0.3, 0.4) is 0 Å². The summed E-state index contributed by atoms with van der Waals surface area (Å²) in [7, 11) is 0. The second kappa shape index (κ2) is 4.69. The van der Waals surface area contributed by atoms with Gasteiger partial charge < -0.3 is 9.47 Å². The van der Waals surface area contributed by atoms with E-state index in [4.69, 9.17) is 21.1 Å². The Labute approximate surface area is 125 Å². The van der Waals surface area contributed by atoms with Crippen LogP contribution in [0.5, 0.6) is 11.5 Å². The molecule has 0 radical (unpaired) electrons. The van der Waals surface area contributed by atoms with Crippen LogP contribution in [-0.4, -0.2) is 6.79 Å². The fraction of sp³-hybridized carbons (Fsp3) is 0.125. The predicted octanol–water partition coefficient (Wildman–Crippen LogP) is 4.87. The molecule has 0 atom stereocenters. The molecule has 20 heavy (non-hydrogen) atoms. The minimum Gasteiger partial charge on any atom is -0.454 e. The van der Waals surface area contributed by atoms with E-state index in [0.29, 0.717) is 0 Å². The van der Waals surface area contributed by atoms with E-state index >= 15 is 0 Å². The second-order valence-corrected chi connectivity index (χ2v) is 6.05. The van der Waals surface area contributed by atoms with Crippen LogP contribution < -0.4 is 9.47 Å². The third-order valence-electron chi connectivity index (χ3n) is 3.48. The van der Waals surface area contributed by atoms with Crippen LogP contribution in [0, 0.1) is 0 Å². The van der Waals surface area contributed by atoms with Gasteiger partial charge in [0.05, 0.1) is 0 Å². The summed E-state index contributed by atoms with van der Waals surface area (Å²) in [5, 5.41) is 4.22. The van der Waals surface area contributed by atoms with Crippen LogP contribution in [0.4, 0.5) is 0 Å². The first kappa shape index (κ1) is 12.1. The lowest BCUT2D eigenvalue weighted by atomic mass is 10.0. The number of rotatable bonds is 2. The Hall–Kier alpha value is -1.71. The molecule has 2 heterocycles. The van der Waals surface area contributed by atoms with Gasteiger partial charge in [-0.15, -0.1) is 11.3 Å². The number of thiophene rings is 1. The Morgan fingerprint density at radius 3 is 2.75 bits per heavy atom. The van der Waals surface area contributed by atoms with Crippen LogP contribution in [0.25, 0.3) is 10.1 Å². The van der Waals surface area contributed by atoms with Crippen molar-refractivity contribution in [3.63, 3.8) is 0 Å². The average Bonchev–Trinajstić information content (AvgIpc) is 3.06. The molecule has 1 aliphatic heterocycles. The number of halogens is 1. The van der Waals surface area contributed by atoms with Crippen LogP contribution >= 0.6 is 22.9 Å². The van der Waals surface area contributed by atoms with Gasteiger partial charge in [-0.3, -0.25) is 0 Å². The lowest BCUT2D eigenvalue weighted by Crippen LogP contribution is -1.93. The number of ether oxygens (including phenoxy) is 2. The lowest BCUT2D eigenvalue weighted by molar-refractivity contribution is 0.174. The third kappa shape index (κ3) is 1.94. The zero-order valence-electron chi connectivity index (χ0n) is 10.6. The minimum atomic E-state index is 0.274. The van der Waals surface area contributed by atoms with E-state index < -0.39 is 0 Å². The standard InChI is InChI=1S/C16H11ClO2S/c17-13-7-15-14(18-9-19-15)6-10(13)5-11-8-20-16-4-2-1-3-12(11)16/h1-4,6-8H,5,9H2. The molecule has 0 bridgehead atoms. The molecule has 2 aromatic carbocycles. The second-order valence-electron chi connectivity index (χ2n) is 4.73. The molecule has 100 valence electrons. The number of hydrogen-bond acceptors (Lipinski definition) is 3. The first-order chi connectivity index (χ1) is 9.81. The summed E-state index contributed by atoms with van der Waals surface area (Å²) in [4.78, 5) is 0. The summed E-state index contributed by atoms with van der Waals surface area (Å²) < 4.78 is 12.1. The fourth-order valence-electron chi connectivity index (χ4n) is 2.47. The summed E-state index contributed by atoms with van der Waals surface area (Å²) in [5.74, 6) is 1.51. The minimum absolute atomic E-state index is 0.274. The highest BCUT2D eigenvalue weighted by molar-refractivity contribution is 7.17. The molecule has 0 aliphatic carbocycles. The van der Waals surface area contributed by atoms with E-state index in [1.165, 1.54) is 15.6 Å². The van der Waals surface area contributed by atoms with Gasteiger partial charge in [-0.25, -0.2) is 0 Å². The van der Waals surface area contributed by atoms with E-state index in [9.17, 15) is 0 Å². The van der Waals surface area contributed by atoms with Gasteiger partial charge in [-0.05, 0) is 34.0 Å². The van der Waals surface area contributed by atoms with Crippen LogP contribution in [-0.2, 0) is 6.42 Å². The van der Waals surface area contributed by atoms with Gasteiger partial charge in [0, 0.05) is 22.2 Å². The molecule has 3 aromatic rings. The maximum Gasteiger partial charge on any atom is 0.231 e. The molecule has 0 unspecified atom stereocenters. The third-order valence-corrected chi connectivity index (χ3v) is 4.85. The molecule has 0 fully saturated rings. The van der Waals surface area contributed by atoms with Gasteiger partial charge in [0.1, 0.15) is 0 Å². The molecule has 0 N–H and O–H groups in total. The van der Waals surface area contributed by atoms with Crippen LogP contribution in [0.2, 0.25) is 5.02 Å². The smallest absolute Gasteiger partial charge is 0.231 e. The largest absolute Gasteiger partial charge is 0.454 e.